The summed E-state index contributed by atoms with van der Waals surface area (Å²) in [6.07, 6.45) is 0.454. The first-order valence-corrected chi connectivity index (χ1v) is 7.63. The smallest absolute Gasteiger partial charge is 0.240 e. The van der Waals surface area contributed by atoms with Crippen molar-refractivity contribution in [1.29, 1.82) is 0 Å². The molecule has 104 valence electrons. The molecule has 0 unspecified atom stereocenters. The van der Waals surface area contributed by atoms with Gasteiger partial charge in [0.2, 0.25) is 10.0 Å². The fourth-order valence-electron chi connectivity index (χ4n) is 1.96. The average molecular weight is 282 g/mol. The third-order valence-electron chi connectivity index (χ3n) is 3.01. The number of hydrogen-bond acceptors (Lipinski definition) is 4. The van der Waals surface area contributed by atoms with E-state index in [2.05, 4.69) is 9.88 Å². The van der Waals surface area contributed by atoms with Crippen LogP contribution in [0.25, 0.3) is 0 Å². The molecule has 2 rings (SSSR count). The van der Waals surface area contributed by atoms with Gasteiger partial charge in [0, 0.05) is 6.42 Å². The summed E-state index contributed by atoms with van der Waals surface area (Å²) in [5, 5.41) is 3.80. The van der Waals surface area contributed by atoms with Gasteiger partial charge in [0.1, 0.15) is 6.10 Å². The summed E-state index contributed by atoms with van der Waals surface area (Å²) in [7, 11) is -3.50. The summed E-state index contributed by atoms with van der Waals surface area (Å²) >= 11 is 0. The van der Waals surface area contributed by atoms with Crippen LogP contribution in [0.5, 0.6) is 0 Å². The van der Waals surface area contributed by atoms with E-state index in [9.17, 15) is 8.42 Å². The van der Waals surface area contributed by atoms with Crippen molar-refractivity contribution in [1.82, 2.24) is 4.72 Å². The summed E-state index contributed by atoms with van der Waals surface area (Å²) < 4.78 is 27.1. The van der Waals surface area contributed by atoms with Crippen LogP contribution in [-0.2, 0) is 14.9 Å². The Morgan fingerprint density at radius 2 is 2.11 bits per heavy atom. The van der Waals surface area contributed by atoms with Crippen molar-refractivity contribution in [3.05, 3.63) is 29.3 Å². The molecule has 0 radical (unpaired) electrons. The lowest BCUT2D eigenvalue weighted by molar-refractivity contribution is 0.0891. The van der Waals surface area contributed by atoms with Crippen LogP contribution in [0, 0.1) is 13.8 Å². The van der Waals surface area contributed by atoms with Crippen molar-refractivity contribution in [2.24, 2.45) is 5.16 Å². The number of oxime groups is 1. The highest BCUT2D eigenvalue weighted by Crippen LogP contribution is 2.17. The SMILES string of the molecule is CC1=NO[C@@H](CNS(=O)(=O)c2cc(C)ccc2C)C1. The fourth-order valence-corrected chi connectivity index (χ4v) is 3.35. The number of aryl methyl sites for hydroxylation is 2. The normalized spacial score (nSPS) is 19.1. The van der Waals surface area contributed by atoms with Gasteiger partial charge in [0.25, 0.3) is 0 Å². The first-order chi connectivity index (χ1) is 8.88. The Balaban J connectivity index is 2.08. The molecule has 0 fully saturated rings. The van der Waals surface area contributed by atoms with Crippen LogP contribution in [0.3, 0.4) is 0 Å². The van der Waals surface area contributed by atoms with Gasteiger partial charge in [-0.2, -0.15) is 0 Å². The van der Waals surface area contributed by atoms with E-state index in [1.807, 2.05) is 26.0 Å². The molecular formula is C13H18N2O3S. The Hall–Kier alpha value is -1.40. The molecule has 1 atom stereocenters. The highest BCUT2D eigenvalue weighted by atomic mass is 32.2. The van der Waals surface area contributed by atoms with Crippen molar-refractivity contribution < 1.29 is 13.3 Å². The summed E-state index contributed by atoms with van der Waals surface area (Å²) in [4.78, 5) is 5.43. The molecule has 6 heteroatoms. The lowest BCUT2D eigenvalue weighted by Crippen LogP contribution is -2.32. The second-order valence-electron chi connectivity index (χ2n) is 4.88. The van der Waals surface area contributed by atoms with Crippen molar-refractivity contribution in [2.75, 3.05) is 6.54 Å². The number of benzene rings is 1. The topological polar surface area (TPSA) is 67.8 Å². The van der Waals surface area contributed by atoms with Gasteiger partial charge in [-0.15, -0.1) is 0 Å². The molecule has 0 aliphatic carbocycles. The number of nitrogens with zero attached hydrogens (tertiary/aromatic N) is 1. The Labute approximate surface area is 113 Å². The molecule has 0 bridgehead atoms. The van der Waals surface area contributed by atoms with Gasteiger partial charge < -0.3 is 4.84 Å². The van der Waals surface area contributed by atoms with Crippen LogP contribution in [0.1, 0.15) is 24.5 Å². The Bertz CT molecular complexity index is 608. The molecule has 1 aromatic rings. The molecule has 5 nitrogen and oxygen atoms in total. The lowest BCUT2D eigenvalue weighted by Gasteiger charge is -2.12. The standard InChI is InChI=1S/C13H18N2O3S/c1-9-4-5-10(2)13(6-9)19(16,17)14-8-12-7-11(3)15-18-12/h4-6,12,14H,7-8H2,1-3H3/t12-/m1/s1. The second kappa shape index (κ2) is 5.30. The van der Waals surface area contributed by atoms with E-state index in [0.717, 1.165) is 16.8 Å². The summed E-state index contributed by atoms with van der Waals surface area (Å²) in [5.41, 5.74) is 2.54. The van der Waals surface area contributed by atoms with Gasteiger partial charge in [0.05, 0.1) is 17.2 Å². The first-order valence-electron chi connectivity index (χ1n) is 6.15. The minimum Gasteiger partial charge on any atom is -0.391 e. The minimum absolute atomic E-state index is 0.208. The predicted molar refractivity (Wildman–Crippen MR) is 73.7 cm³/mol. The summed E-state index contributed by atoms with van der Waals surface area (Å²) in [6.45, 7) is 5.75. The molecule has 19 heavy (non-hydrogen) atoms. The zero-order valence-corrected chi connectivity index (χ0v) is 12.1. The van der Waals surface area contributed by atoms with Crippen molar-refractivity contribution >= 4 is 15.7 Å². The van der Waals surface area contributed by atoms with Gasteiger partial charge >= 0.3 is 0 Å². The summed E-state index contributed by atoms with van der Waals surface area (Å²) in [5.74, 6) is 0. The van der Waals surface area contributed by atoms with E-state index in [0.29, 0.717) is 11.3 Å². The fraction of sp³-hybridized carbons (Fsp3) is 0.462. The first kappa shape index (κ1) is 14.0. The molecule has 1 aliphatic rings. The van der Waals surface area contributed by atoms with Gasteiger partial charge in [-0.3, -0.25) is 0 Å². The maximum Gasteiger partial charge on any atom is 0.240 e. The third-order valence-corrected chi connectivity index (χ3v) is 4.58. The van der Waals surface area contributed by atoms with E-state index in [1.165, 1.54) is 0 Å². The molecule has 1 aliphatic heterocycles. The number of nitrogens with one attached hydrogen (secondary N) is 1. The number of sulfonamides is 1. The lowest BCUT2D eigenvalue weighted by atomic mass is 10.2. The maximum atomic E-state index is 12.2. The van der Waals surface area contributed by atoms with E-state index in [1.54, 1.807) is 13.0 Å². The van der Waals surface area contributed by atoms with E-state index >= 15 is 0 Å². The Morgan fingerprint density at radius 3 is 2.74 bits per heavy atom. The van der Waals surface area contributed by atoms with Gasteiger partial charge in [-0.05, 0) is 38.0 Å². The van der Waals surface area contributed by atoms with Gasteiger partial charge in [-0.1, -0.05) is 17.3 Å². The zero-order valence-electron chi connectivity index (χ0n) is 11.3. The molecule has 0 saturated carbocycles. The highest BCUT2D eigenvalue weighted by molar-refractivity contribution is 7.89. The average Bonchev–Trinajstić information content (AvgIpc) is 2.76. The Kier molecular flexibility index (Phi) is 3.91. The maximum absolute atomic E-state index is 12.2. The number of hydrogen-bond donors (Lipinski definition) is 1. The quantitative estimate of drug-likeness (QED) is 0.914. The van der Waals surface area contributed by atoms with Crippen LogP contribution >= 0.6 is 0 Å². The van der Waals surface area contributed by atoms with E-state index in [4.69, 9.17) is 4.84 Å². The third kappa shape index (κ3) is 3.33. The molecule has 1 N–H and O–H groups in total. The Morgan fingerprint density at radius 1 is 1.37 bits per heavy atom. The molecule has 1 aromatic carbocycles. The van der Waals surface area contributed by atoms with E-state index < -0.39 is 10.0 Å². The largest absolute Gasteiger partial charge is 0.391 e. The van der Waals surface area contributed by atoms with E-state index in [-0.39, 0.29) is 12.6 Å². The minimum atomic E-state index is -3.50. The van der Waals surface area contributed by atoms with Crippen LogP contribution in [-0.4, -0.2) is 26.8 Å². The van der Waals surface area contributed by atoms with Crippen LogP contribution < -0.4 is 4.72 Å². The molecular weight excluding hydrogens is 264 g/mol. The molecule has 0 amide bonds. The monoisotopic (exact) mass is 282 g/mol. The molecule has 1 heterocycles. The van der Waals surface area contributed by atoms with Crippen LogP contribution in [0.2, 0.25) is 0 Å². The number of rotatable bonds is 4. The zero-order chi connectivity index (χ0) is 14.0. The van der Waals surface area contributed by atoms with Crippen molar-refractivity contribution in [2.45, 2.75) is 38.2 Å². The molecule has 0 saturated heterocycles. The summed E-state index contributed by atoms with van der Waals surface area (Å²) in [6, 6.07) is 5.38. The van der Waals surface area contributed by atoms with Crippen LogP contribution in [0.15, 0.2) is 28.3 Å². The van der Waals surface area contributed by atoms with Crippen molar-refractivity contribution in [3.8, 4) is 0 Å². The van der Waals surface area contributed by atoms with Crippen molar-refractivity contribution in [3.63, 3.8) is 0 Å². The second-order valence-corrected chi connectivity index (χ2v) is 6.61. The molecule has 0 aromatic heterocycles. The predicted octanol–water partition coefficient (Wildman–Crippen LogP) is 1.75. The molecule has 0 spiro atoms. The highest BCUT2D eigenvalue weighted by Gasteiger charge is 2.22. The van der Waals surface area contributed by atoms with Gasteiger partial charge in [-0.25, -0.2) is 13.1 Å². The van der Waals surface area contributed by atoms with Gasteiger partial charge in [0.15, 0.2) is 0 Å². The van der Waals surface area contributed by atoms with Crippen LogP contribution in [0.4, 0.5) is 0 Å².